The number of benzene rings is 2. The highest BCUT2D eigenvalue weighted by Gasteiger charge is 2.48. The van der Waals surface area contributed by atoms with Gasteiger partial charge in [0.15, 0.2) is 0 Å². The monoisotopic (exact) mass is 330 g/mol. The first-order valence-electron chi connectivity index (χ1n) is 7.23. The second kappa shape index (κ2) is 8.01. The minimum atomic E-state index is -2.00. The maximum absolute atomic E-state index is 12.4. The van der Waals surface area contributed by atoms with Gasteiger partial charge in [-0.25, -0.2) is 4.79 Å². The molecule has 0 aliphatic carbocycles. The fourth-order valence-corrected chi connectivity index (χ4v) is 2.02. The van der Waals surface area contributed by atoms with Gasteiger partial charge in [0.1, 0.15) is 17.9 Å². The van der Waals surface area contributed by atoms with Crippen molar-refractivity contribution in [2.45, 2.75) is 12.2 Å². The zero-order valence-corrected chi connectivity index (χ0v) is 13.4. The molecule has 0 heterocycles. The molecule has 126 valence electrons. The predicted octanol–water partition coefficient (Wildman–Crippen LogP) is 2.58. The van der Waals surface area contributed by atoms with Crippen molar-refractivity contribution in [3.63, 3.8) is 0 Å². The van der Waals surface area contributed by atoms with Gasteiger partial charge in [0.2, 0.25) is 0 Å². The number of esters is 2. The van der Waals surface area contributed by atoms with Gasteiger partial charge in [-0.3, -0.25) is 4.79 Å². The van der Waals surface area contributed by atoms with Crippen LogP contribution in [0.2, 0.25) is 0 Å². The van der Waals surface area contributed by atoms with E-state index in [1.165, 1.54) is 14.2 Å². The van der Waals surface area contributed by atoms with E-state index >= 15 is 0 Å². The van der Waals surface area contributed by atoms with Crippen LogP contribution in [0.3, 0.4) is 0 Å². The third kappa shape index (κ3) is 4.25. The summed E-state index contributed by atoms with van der Waals surface area (Å²) in [6, 6.07) is 17.1. The van der Waals surface area contributed by atoms with Crippen molar-refractivity contribution in [1.82, 2.24) is 0 Å². The van der Waals surface area contributed by atoms with E-state index in [-0.39, 0.29) is 0 Å². The molecule has 24 heavy (non-hydrogen) atoms. The molecule has 0 saturated heterocycles. The number of methoxy groups -OCH3 is 2. The van der Waals surface area contributed by atoms with Crippen LogP contribution >= 0.6 is 0 Å². The highest BCUT2D eigenvalue weighted by molar-refractivity contribution is 5.85. The van der Waals surface area contributed by atoms with Crippen molar-refractivity contribution in [1.29, 1.82) is 0 Å². The van der Waals surface area contributed by atoms with Crippen molar-refractivity contribution in [2.75, 3.05) is 14.2 Å². The molecule has 0 bridgehead atoms. The first-order valence-corrected chi connectivity index (χ1v) is 7.23. The van der Waals surface area contributed by atoms with E-state index in [9.17, 15) is 9.59 Å². The van der Waals surface area contributed by atoms with Crippen molar-refractivity contribution in [2.24, 2.45) is 0 Å². The van der Waals surface area contributed by atoms with Crippen LogP contribution in [0, 0.1) is 0 Å². The normalized spacial score (nSPS) is 10.6. The molecular weight excluding hydrogens is 312 g/mol. The average molecular weight is 330 g/mol. The summed E-state index contributed by atoms with van der Waals surface area (Å²) in [6.07, 6.45) is -0.472. The lowest BCUT2D eigenvalue weighted by molar-refractivity contribution is -0.196. The summed E-state index contributed by atoms with van der Waals surface area (Å²) >= 11 is 0. The van der Waals surface area contributed by atoms with Crippen LogP contribution in [-0.4, -0.2) is 31.9 Å². The van der Waals surface area contributed by atoms with E-state index in [1.54, 1.807) is 60.7 Å². The summed E-state index contributed by atoms with van der Waals surface area (Å²) in [6.45, 7) is 0. The van der Waals surface area contributed by atoms with E-state index in [1.807, 2.05) is 0 Å². The Bertz CT molecular complexity index is 627. The summed E-state index contributed by atoms with van der Waals surface area (Å²) in [7, 11) is 2.41. The topological polar surface area (TPSA) is 71.1 Å². The lowest BCUT2D eigenvalue weighted by Gasteiger charge is -2.31. The molecular formula is C18H18O6. The number of para-hydroxylation sites is 2. The Labute approximate surface area is 139 Å². The van der Waals surface area contributed by atoms with Crippen molar-refractivity contribution < 1.29 is 28.5 Å². The van der Waals surface area contributed by atoms with Crippen LogP contribution in [0.1, 0.15) is 6.42 Å². The van der Waals surface area contributed by atoms with Crippen LogP contribution in [0.25, 0.3) is 0 Å². The molecule has 0 fully saturated rings. The molecule has 6 nitrogen and oxygen atoms in total. The molecule has 6 heteroatoms. The summed E-state index contributed by atoms with van der Waals surface area (Å²) < 4.78 is 20.9. The van der Waals surface area contributed by atoms with Crippen LogP contribution < -0.4 is 9.47 Å². The Morgan fingerprint density at radius 1 is 0.792 bits per heavy atom. The Balaban J connectivity index is 2.41. The van der Waals surface area contributed by atoms with Gasteiger partial charge in [-0.05, 0) is 24.3 Å². The first kappa shape index (κ1) is 17.3. The molecule has 0 amide bonds. The third-order valence-corrected chi connectivity index (χ3v) is 3.15. The van der Waals surface area contributed by atoms with Crippen LogP contribution in [0.4, 0.5) is 0 Å². The summed E-state index contributed by atoms with van der Waals surface area (Å²) in [5.74, 6) is -2.82. The fraction of sp³-hybridized carbons (Fsp3) is 0.222. The summed E-state index contributed by atoms with van der Waals surface area (Å²) in [5, 5.41) is 0. The number of hydrogen-bond acceptors (Lipinski definition) is 6. The van der Waals surface area contributed by atoms with Gasteiger partial charge in [0.25, 0.3) is 0 Å². The smallest absolute Gasteiger partial charge is 0.393 e. The standard InChI is InChI=1S/C18H18O6/c1-21-16(19)13-18(17(20)22-2,23-14-9-5-3-6-10-14)24-15-11-7-4-8-12-15/h3-12H,13H2,1-2H3. The van der Waals surface area contributed by atoms with Crippen molar-refractivity contribution in [3.05, 3.63) is 60.7 Å². The highest BCUT2D eigenvalue weighted by Crippen LogP contribution is 2.27. The van der Waals surface area contributed by atoms with Gasteiger partial charge >= 0.3 is 17.7 Å². The second-order valence-corrected chi connectivity index (χ2v) is 4.83. The van der Waals surface area contributed by atoms with Gasteiger partial charge < -0.3 is 18.9 Å². The van der Waals surface area contributed by atoms with Crippen molar-refractivity contribution >= 4 is 11.9 Å². The quantitative estimate of drug-likeness (QED) is 0.574. The third-order valence-electron chi connectivity index (χ3n) is 3.15. The molecule has 0 atom stereocenters. The average Bonchev–Trinajstić information content (AvgIpc) is 2.62. The van der Waals surface area contributed by atoms with Crippen LogP contribution in [-0.2, 0) is 19.1 Å². The lowest BCUT2D eigenvalue weighted by Crippen LogP contribution is -2.52. The molecule has 0 spiro atoms. The van der Waals surface area contributed by atoms with E-state index in [2.05, 4.69) is 4.74 Å². The number of carbonyl (C=O) groups is 2. The molecule has 0 unspecified atom stereocenters. The molecule has 2 rings (SSSR count). The van der Waals surface area contributed by atoms with Gasteiger partial charge in [0, 0.05) is 0 Å². The molecule has 0 radical (unpaired) electrons. The predicted molar refractivity (Wildman–Crippen MR) is 85.5 cm³/mol. The molecule has 0 aromatic heterocycles. The molecule has 0 aliphatic heterocycles. The van der Waals surface area contributed by atoms with E-state index in [4.69, 9.17) is 14.2 Å². The minimum absolute atomic E-state index is 0.350. The maximum atomic E-state index is 12.4. The van der Waals surface area contributed by atoms with E-state index in [0.29, 0.717) is 11.5 Å². The zero-order valence-electron chi connectivity index (χ0n) is 13.4. The van der Waals surface area contributed by atoms with Crippen LogP contribution in [0.5, 0.6) is 11.5 Å². The Morgan fingerprint density at radius 2 is 1.25 bits per heavy atom. The van der Waals surface area contributed by atoms with Crippen molar-refractivity contribution in [3.8, 4) is 11.5 Å². The summed E-state index contributed by atoms with van der Waals surface area (Å²) in [4.78, 5) is 24.3. The highest BCUT2D eigenvalue weighted by atomic mass is 16.7. The number of ether oxygens (including phenoxy) is 4. The van der Waals surface area contributed by atoms with E-state index < -0.39 is 24.1 Å². The van der Waals surface area contributed by atoms with E-state index in [0.717, 1.165) is 0 Å². The Hall–Kier alpha value is -3.02. The molecule has 0 saturated carbocycles. The SMILES string of the molecule is COC(=O)CC(Oc1ccccc1)(Oc1ccccc1)C(=O)OC. The zero-order chi connectivity index (χ0) is 17.4. The minimum Gasteiger partial charge on any atom is -0.469 e. The van der Waals surface area contributed by atoms with Gasteiger partial charge in [-0.1, -0.05) is 36.4 Å². The molecule has 2 aromatic rings. The maximum Gasteiger partial charge on any atom is 0.393 e. The fourth-order valence-electron chi connectivity index (χ4n) is 2.02. The second-order valence-electron chi connectivity index (χ2n) is 4.83. The van der Waals surface area contributed by atoms with Crippen LogP contribution in [0.15, 0.2) is 60.7 Å². The van der Waals surface area contributed by atoms with Gasteiger partial charge in [0.05, 0.1) is 14.2 Å². The summed E-state index contributed by atoms with van der Waals surface area (Å²) in [5.41, 5.74) is 0. The lowest BCUT2D eigenvalue weighted by atomic mass is 10.1. The molecule has 0 N–H and O–H groups in total. The first-order chi connectivity index (χ1) is 11.6. The van der Waals surface area contributed by atoms with Gasteiger partial charge in [-0.2, -0.15) is 0 Å². The molecule has 0 aliphatic rings. The van der Waals surface area contributed by atoms with Gasteiger partial charge in [-0.15, -0.1) is 0 Å². The Morgan fingerprint density at radius 3 is 1.62 bits per heavy atom. The number of rotatable bonds is 7. The molecule has 2 aromatic carbocycles. The Kier molecular flexibility index (Phi) is 5.78. The number of carbonyl (C=O) groups excluding carboxylic acids is 2. The largest absolute Gasteiger partial charge is 0.469 e. The number of hydrogen-bond donors (Lipinski definition) is 0.